The van der Waals surface area contributed by atoms with Crippen molar-refractivity contribution in [1.29, 1.82) is 0 Å². The summed E-state index contributed by atoms with van der Waals surface area (Å²) >= 11 is 0. The highest BCUT2D eigenvalue weighted by molar-refractivity contribution is 5.92. The highest BCUT2D eigenvalue weighted by Gasteiger charge is 2.25. The Bertz CT molecular complexity index is 738. The topological polar surface area (TPSA) is 62.2 Å². The van der Waals surface area contributed by atoms with Crippen LogP contribution in [0.2, 0.25) is 0 Å². The lowest BCUT2D eigenvalue weighted by Crippen LogP contribution is -2.40. The first kappa shape index (κ1) is 18.2. The molecule has 2 atom stereocenters. The first-order valence-corrected chi connectivity index (χ1v) is 10.1. The number of hydrogen-bond donors (Lipinski definition) is 2. The maximum absolute atomic E-state index is 12.5. The molecule has 2 fully saturated rings. The molecular weight excluding hydrogens is 338 g/mol. The number of amides is 1. The molecule has 2 N–H and O–H groups in total. The van der Waals surface area contributed by atoms with Gasteiger partial charge in [-0.2, -0.15) is 5.10 Å². The van der Waals surface area contributed by atoms with E-state index < -0.39 is 0 Å². The van der Waals surface area contributed by atoms with Gasteiger partial charge in [0.15, 0.2) is 0 Å². The summed E-state index contributed by atoms with van der Waals surface area (Å²) < 4.78 is 1.94. The lowest BCUT2D eigenvalue weighted by Gasteiger charge is -2.24. The van der Waals surface area contributed by atoms with Crippen molar-refractivity contribution >= 4 is 5.91 Å². The first-order valence-electron chi connectivity index (χ1n) is 10.1. The van der Waals surface area contributed by atoms with Crippen molar-refractivity contribution < 1.29 is 4.79 Å². The maximum Gasteiger partial charge on any atom is 0.271 e. The van der Waals surface area contributed by atoms with Crippen LogP contribution >= 0.6 is 0 Å². The summed E-state index contributed by atoms with van der Waals surface area (Å²) in [4.78, 5) is 15.0. The molecule has 2 aromatic rings. The van der Waals surface area contributed by atoms with Gasteiger partial charge in [-0.25, -0.2) is 0 Å². The predicted molar refractivity (Wildman–Crippen MR) is 106 cm³/mol. The van der Waals surface area contributed by atoms with E-state index in [1.807, 2.05) is 23.0 Å². The molecule has 144 valence electrons. The van der Waals surface area contributed by atoms with E-state index in [0.29, 0.717) is 24.3 Å². The molecule has 27 heavy (non-hydrogen) atoms. The molecule has 1 aromatic heterocycles. The van der Waals surface area contributed by atoms with E-state index in [0.717, 1.165) is 45.4 Å². The van der Waals surface area contributed by atoms with Crippen LogP contribution in [-0.4, -0.2) is 52.8 Å². The Kier molecular flexibility index (Phi) is 5.84. The summed E-state index contributed by atoms with van der Waals surface area (Å²) in [6, 6.07) is 13.1. The normalized spacial score (nSPS) is 23.4. The van der Waals surface area contributed by atoms with Gasteiger partial charge >= 0.3 is 0 Å². The molecule has 2 unspecified atom stereocenters. The zero-order chi connectivity index (χ0) is 18.5. The third-order valence-electron chi connectivity index (χ3n) is 5.71. The van der Waals surface area contributed by atoms with Gasteiger partial charge in [-0.15, -0.1) is 0 Å². The molecule has 0 bridgehead atoms. The number of piperidine rings is 1. The molecular formula is C21H29N5O. The zero-order valence-electron chi connectivity index (χ0n) is 15.8. The van der Waals surface area contributed by atoms with Crippen LogP contribution in [0.4, 0.5) is 0 Å². The lowest BCUT2D eigenvalue weighted by atomic mass is 10.1. The molecule has 2 saturated heterocycles. The second-order valence-corrected chi connectivity index (χ2v) is 7.64. The minimum Gasteiger partial charge on any atom is -0.349 e. The molecule has 2 aliphatic heterocycles. The second-order valence-electron chi connectivity index (χ2n) is 7.64. The molecule has 3 heterocycles. The third-order valence-corrected chi connectivity index (χ3v) is 5.71. The molecule has 2 aliphatic rings. The van der Waals surface area contributed by atoms with Crippen LogP contribution in [-0.2, 0) is 6.54 Å². The van der Waals surface area contributed by atoms with Crippen molar-refractivity contribution in [2.75, 3.05) is 26.2 Å². The summed E-state index contributed by atoms with van der Waals surface area (Å²) in [6.45, 7) is 4.73. The Labute approximate surface area is 160 Å². The van der Waals surface area contributed by atoms with Gasteiger partial charge in [-0.1, -0.05) is 30.3 Å². The fourth-order valence-corrected chi connectivity index (χ4v) is 4.18. The molecule has 1 aromatic carbocycles. The van der Waals surface area contributed by atoms with Gasteiger partial charge in [0.2, 0.25) is 0 Å². The van der Waals surface area contributed by atoms with Crippen LogP contribution in [0.3, 0.4) is 0 Å². The van der Waals surface area contributed by atoms with E-state index in [1.165, 1.54) is 12.0 Å². The fraction of sp³-hybridized carbons (Fsp3) is 0.524. The van der Waals surface area contributed by atoms with Crippen molar-refractivity contribution in [3.63, 3.8) is 0 Å². The number of rotatable bonds is 6. The fourth-order valence-electron chi connectivity index (χ4n) is 4.18. The van der Waals surface area contributed by atoms with Crippen molar-refractivity contribution in [2.24, 2.45) is 0 Å². The Morgan fingerprint density at radius 1 is 1.19 bits per heavy atom. The van der Waals surface area contributed by atoms with E-state index in [4.69, 9.17) is 0 Å². The van der Waals surface area contributed by atoms with Crippen molar-refractivity contribution in [3.8, 4) is 0 Å². The SMILES string of the molecule is O=C(NCC1CCCN1Cc1ccccc1)c1ccn(C2CCCNC2)n1. The molecule has 0 saturated carbocycles. The summed E-state index contributed by atoms with van der Waals surface area (Å²) in [5.74, 6) is -0.0657. The van der Waals surface area contributed by atoms with Crippen LogP contribution in [0.1, 0.15) is 47.8 Å². The van der Waals surface area contributed by atoms with E-state index in [-0.39, 0.29) is 5.91 Å². The molecule has 0 radical (unpaired) electrons. The highest BCUT2D eigenvalue weighted by atomic mass is 16.1. The van der Waals surface area contributed by atoms with Gasteiger partial charge in [0, 0.05) is 31.9 Å². The molecule has 6 nitrogen and oxygen atoms in total. The minimum atomic E-state index is -0.0657. The average molecular weight is 367 g/mol. The Hall–Kier alpha value is -2.18. The highest BCUT2D eigenvalue weighted by Crippen LogP contribution is 2.20. The van der Waals surface area contributed by atoms with Crippen LogP contribution in [0.25, 0.3) is 0 Å². The van der Waals surface area contributed by atoms with Gasteiger partial charge in [0.25, 0.3) is 5.91 Å². The number of aromatic nitrogens is 2. The van der Waals surface area contributed by atoms with Gasteiger partial charge in [-0.3, -0.25) is 14.4 Å². The van der Waals surface area contributed by atoms with E-state index in [2.05, 4.69) is 44.9 Å². The van der Waals surface area contributed by atoms with E-state index >= 15 is 0 Å². The predicted octanol–water partition coefficient (Wildman–Crippen LogP) is 2.20. The Morgan fingerprint density at radius 3 is 2.89 bits per heavy atom. The number of hydrogen-bond acceptors (Lipinski definition) is 4. The average Bonchev–Trinajstić information content (AvgIpc) is 3.37. The number of nitrogens with one attached hydrogen (secondary N) is 2. The molecule has 0 spiro atoms. The maximum atomic E-state index is 12.5. The van der Waals surface area contributed by atoms with Gasteiger partial charge in [0.1, 0.15) is 5.69 Å². The lowest BCUT2D eigenvalue weighted by molar-refractivity contribution is 0.0933. The standard InChI is InChI=1S/C21H29N5O/c27-21(20-10-13-26(24-20)19-8-4-11-22-14-19)23-15-18-9-5-12-25(18)16-17-6-2-1-3-7-17/h1-3,6-7,10,13,18-19,22H,4-5,8-9,11-12,14-16H2,(H,23,27). The number of likely N-dealkylation sites (tertiary alicyclic amines) is 1. The minimum absolute atomic E-state index is 0.0657. The quantitative estimate of drug-likeness (QED) is 0.822. The largest absolute Gasteiger partial charge is 0.349 e. The number of carbonyl (C=O) groups is 1. The summed E-state index contributed by atoms with van der Waals surface area (Å²) in [7, 11) is 0. The molecule has 4 rings (SSSR count). The van der Waals surface area contributed by atoms with Crippen molar-refractivity contribution in [1.82, 2.24) is 25.3 Å². The summed E-state index contributed by atoms with van der Waals surface area (Å²) in [5, 5.41) is 11.0. The molecule has 0 aliphatic carbocycles. The molecule has 6 heteroatoms. The van der Waals surface area contributed by atoms with E-state index in [9.17, 15) is 4.79 Å². The monoisotopic (exact) mass is 367 g/mol. The Balaban J connectivity index is 1.30. The number of carbonyl (C=O) groups excluding carboxylic acids is 1. The van der Waals surface area contributed by atoms with Crippen LogP contribution in [0.15, 0.2) is 42.6 Å². The summed E-state index contributed by atoms with van der Waals surface area (Å²) in [6.07, 6.45) is 6.53. The van der Waals surface area contributed by atoms with Gasteiger partial charge in [0.05, 0.1) is 6.04 Å². The molecule has 1 amide bonds. The Morgan fingerprint density at radius 2 is 2.07 bits per heavy atom. The van der Waals surface area contributed by atoms with Crippen molar-refractivity contribution in [3.05, 3.63) is 53.9 Å². The third kappa shape index (κ3) is 4.57. The number of nitrogens with zero attached hydrogens (tertiary/aromatic N) is 3. The number of benzene rings is 1. The van der Waals surface area contributed by atoms with Gasteiger partial charge < -0.3 is 10.6 Å². The first-order chi connectivity index (χ1) is 13.3. The second kappa shape index (κ2) is 8.67. The zero-order valence-corrected chi connectivity index (χ0v) is 15.8. The van der Waals surface area contributed by atoms with Crippen LogP contribution < -0.4 is 10.6 Å². The van der Waals surface area contributed by atoms with Gasteiger partial charge in [-0.05, 0) is 50.4 Å². The summed E-state index contributed by atoms with van der Waals surface area (Å²) in [5.41, 5.74) is 1.85. The smallest absolute Gasteiger partial charge is 0.271 e. The van der Waals surface area contributed by atoms with E-state index in [1.54, 1.807) is 0 Å². The van der Waals surface area contributed by atoms with Crippen molar-refractivity contribution in [2.45, 2.75) is 44.3 Å². The van der Waals surface area contributed by atoms with Crippen LogP contribution in [0, 0.1) is 0 Å². The van der Waals surface area contributed by atoms with Crippen LogP contribution in [0.5, 0.6) is 0 Å².